The summed E-state index contributed by atoms with van der Waals surface area (Å²) >= 11 is 5.90. The molecule has 0 saturated carbocycles. The zero-order chi connectivity index (χ0) is 11.4. The zero-order valence-electron chi connectivity index (χ0n) is 8.87. The molecule has 0 aliphatic carbocycles. The molecule has 0 atom stereocenters. The van der Waals surface area contributed by atoms with Crippen molar-refractivity contribution in [3.8, 4) is 6.07 Å². The molecule has 0 bridgehead atoms. The van der Waals surface area contributed by atoms with Crippen LogP contribution in [0.4, 0.5) is 5.69 Å². The summed E-state index contributed by atoms with van der Waals surface area (Å²) in [6.45, 7) is 1.25. The number of rotatable bonds is 2. The molecule has 1 aromatic rings. The monoisotopic (exact) mass is 236 g/mol. The summed E-state index contributed by atoms with van der Waals surface area (Å²) in [7, 11) is 0. The van der Waals surface area contributed by atoms with Gasteiger partial charge in [0.25, 0.3) is 0 Å². The molecule has 0 spiro atoms. The van der Waals surface area contributed by atoms with E-state index >= 15 is 0 Å². The molecule has 4 heteroatoms. The Morgan fingerprint density at radius 2 is 2.12 bits per heavy atom. The summed E-state index contributed by atoms with van der Waals surface area (Å²) in [6.07, 6.45) is 1.41. The summed E-state index contributed by atoms with van der Waals surface area (Å²) < 4.78 is 5.27. The van der Waals surface area contributed by atoms with E-state index in [1.54, 1.807) is 0 Å². The maximum atomic E-state index is 9.27. The molecule has 1 heterocycles. The molecular formula is C12H13ClN2O. The van der Waals surface area contributed by atoms with Gasteiger partial charge in [-0.1, -0.05) is 17.7 Å². The van der Waals surface area contributed by atoms with E-state index in [0.717, 1.165) is 5.69 Å². The normalized spacial score (nSPS) is 18.8. The van der Waals surface area contributed by atoms with Crippen LogP contribution in [0.25, 0.3) is 0 Å². The number of hydrogen-bond donors (Lipinski definition) is 1. The second kappa shape index (κ2) is 4.73. The van der Waals surface area contributed by atoms with E-state index in [2.05, 4.69) is 11.4 Å². The molecule has 1 aliphatic heterocycles. The van der Waals surface area contributed by atoms with Gasteiger partial charge in [0, 0.05) is 36.8 Å². The molecule has 16 heavy (non-hydrogen) atoms. The highest BCUT2D eigenvalue weighted by atomic mass is 35.5. The van der Waals surface area contributed by atoms with Gasteiger partial charge in [0.05, 0.1) is 6.07 Å². The van der Waals surface area contributed by atoms with Crippen LogP contribution in [0.1, 0.15) is 12.8 Å². The Morgan fingerprint density at radius 3 is 2.75 bits per heavy atom. The van der Waals surface area contributed by atoms with E-state index in [1.807, 2.05) is 24.3 Å². The number of nitriles is 1. The van der Waals surface area contributed by atoms with Crippen LogP contribution in [-0.4, -0.2) is 18.8 Å². The minimum atomic E-state index is -0.511. The van der Waals surface area contributed by atoms with Crippen molar-refractivity contribution in [1.82, 2.24) is 0 Å². The van der Waals surface area contributed by atoms with Gasteiger partial charge in [0.2, 0.25) is 0 Å². The minimum Gasteiger partial charge on any atom is -0.381 e. The Bertz CT molecular complexity index is 408. The van der Waals surface area contributed by atoms with Crippen LogP contribution in [0, 0.1) is 11.3 Å². The third-order valence-corrected chi connectivity index (χ3v) is 3.00. The number of anilines is 1. The van der Waals surface area contributed by atoms with Crippen molar-refractivity contribution in [2.45, 2.75) is 18.4 Å². The fourth-order valence-electron chi connectivity index (χ4n) is 1.83. The molecular weight excluding hydrogens is 224 g/mol. The van der Waals surface area contributed by atoms with Crippen LogP contribution in [0.2, 0.25) is 5.02 Å². The molecule has 0 unspecified atom stereocenters. The van der Waals surface area contributed by atoms with Crippen molar-refractivity contribution in [3.05, 3.63) is 29.3 Å². The Labute approximate surface area is 100.0 Å². The van der Waals surface area contributed by atoms with Crippen LogP contribution >= 0.6 is 11.6 Å². The number of halogens is 1. The van der Waals surface area contributed by atoms with Gasteiger partial charge in [-0.05, 0) is 18.2 Å². The average molecular weight is 237 g/mol. The highest BCUT2D eigenvalue weighted by Crippen LogP contribution is 2.26. The maximum Gasteiger partial charge on any atom is 0.129 e. The zero-order valence-corrected chi connectivity index (χ0v) is 9.63. The summed E-state index contributed by atoms with van der Waals surface area (Å²) in [5.41, 5.74) is 0.374. The molecule has 1 saturated heterocycles. The lowest BCUT2D eigenvalue weighted by molar-refractivity contribution is 0.0753. The lowest BCUT2D eigenvalue weighted by Gasteiger charge is -2.32. The van der Waals surface area contributed by atoms with Gasteiger partial charge < -0.3 is 10.1 Å². The Kier molecular flexibility index (Phi) is 3.33. The number of hydrogen-bond acceptors (Lipinski definition) is 3. The van der Waals surface area contributed by atoms with Gasteiger partial charge in [-0.15, -0.1) is 0 Å². The van der Waals surface area contributed by atoms with E-state index in [-0.39, 0.29) is 0 Å². The first-order chi connectivity index (χ1) is 7.74. The molecule has 0 aromatic heterocycles. The van der Waals surface area contributed by atoms with Crippen LogP contribution in [0.5, 0.6) is 0 Å². The maximum absolute atomic E-state index is 9.27. The van der Waals surface area contributed by atoms with Crippen LogP contribution in [-0.2, 0) is 4.74 Å². The van der Waals surface area contributed by atoms with E-state index in [1.165, 1.54) is 0 Å². The van der Waals surface area contributed by atoms with Crippen molar-refractivity contribution in [2.75, 3.05) is 18.5 Å². The first-order valence-corrected chi connectivity index (χ1v) is 5.65. The molecule has 1 N–H and O–H groups in total. The molecule has 0 amide bonds. The van der Waals surface area contributed by atoms with Gasteiger partial charge in [-0.2, -0.15) is 5.26 Å². The number of nitrogens with one attached hydrogen (secondary N) is 1. The summed E-state index contributed by atoms with van der Waals surface area (Å²) in [5.74, 6) is 0. The molecule has 2 rings (SSSR count). The highest BCUT2D eigenvalue weighted by molar-refractivity contribution is 6.30. The van der Waals surface area contributed by atoms with Crippen molar-refractivity contribution >= 4 is 17.3 Å². The predicted molar refractivity (Wildman–Crippen MR) is 63.5 cm³/mol. The standard InChI is InChI=1S/C12H13ClN2O/c13-10-2-1-3-11(8-10)15-12(9-14)4-6-16-7-5-12/h1-3,8,15H,4-7H2. The Balaban J connectivity index is 2.15. The smallest absolute Gasteiger partial charge is 0.129 e. The number of nitrogens with zero attached hydrogens (tertiary/aromatic N) is 1. The van der Waals surface area contributed by atoms with E-state index in [9.17, 15) is 5.26 Å². The summed E-state index contributed by atoms with van der Waals surface area (Å²) in [5, 5.41) is 13.2. The lowest BCUT2D eigenvalue weighted by Crippen LogP contribution is -2.42. The van der Waals surface area contributed by atoms with Crippen LogP contribution < -0.4 is 5.32 Å². The van der Waals surface area contributed by atoms with Gasteiger partial charge >= 0.3 is 0 Å². The summed E-state index contributed by atoms with van der Waals surface area (Å²) in [4.78, 5) is 0. The van der Waals surface area contributed by atoms with Gasteiger partial charge in [-0.3, -0.25) is 0 Å². The second-order valence-corrected chi connectivity index (χ2v) is 4.38. The van der Waals surface area contributed by atoms with Crippen molar-refractivity contribution in [2.24, 2.45) is 0 Å². The summed E-state index contributed by atoms with van der Waals surface area (Å²) in [6, 6.07) is 9.78. The molecule has 3 nitrogen and oxygen atoms in total. The second-order valence-electron chi connectivity index (χ2n) is 3.94. The molecule has 84 valence electrons. The van der Waals surface area contributed by atoms with Crippen LogP contribution in [0.3, 0.4) is 0 Å². The fraction of sp³-hybridized carbons (Fsp3) is 0.417. The topological polar surface area (TPSA) is 45.0 Å². The quantitative estimate of drug-likeness (QED) is 0.859. The fourth-order valence-corrected chi connectivity index (χ4v) is 2.02. The Morgan fingerprint density at radius 1 is 1.38 bits per heavy atom. The average Bonchev–Trinajstić information content (AvgIpc) is 2.30. The van der Waals surface area contributed by atoms with Crippen molar-refractivity contribution in [3.63, 3.8) is 0 Å². The van der Waals surface area contributed by atoms with Gasteiger partial charge in [-0.25, -0.2) is 0 Å². The SMILES string of the molecule is N#CC1(Nc2cccc(Cl)c2)CCOCC1. The van der Waals surface area contributed by atoms with Crippen LogP contribution in [0.15, 0.2) is 24.3 Å². The minimum absolute atomic E-state index is 0.511. The van der Waals surface area contributed by atoms with Gasteiger partial charge in [0.15, 0.2) is 0 Å². The van der Waals surface area contributed by atoms with Gasteiger partial charge in [0.1, 0.15) is 5.54 Å². The molecule has 1 aromatic carbocycles. The highest BCUT2D eigenvalue weighted by Gasteiger charge is 2.32. The van der Waals surface area contributed by atoms with Crippen molar-refractivity contribution in [1.29, 1.82) is 5.26 Å². The third kappa shape index (κ3) is 2.46. The lowest BCUT2D eigenvalue weighted by atomic mass is 9.91. The van der Waals surface area contributed by atoms with E-state index < -0.39 is 5.54 Å². The van der Waals surface area contributed by atoms with E-state index in [4.69, 9.17) is 16.3 Å². The largest absolute Gasteiger partial charge is 0.381 e. The number of ether oxygens (including phenoxy) is 1. The first-order valence-electron chi connectivity index (χ1n) is 5.27. The molecule has 1 fully saturated rings. The third-order valence-electron chi connectivity index (χ3n) is 2.77. The molecule has 0 radical (unpaired) electrons. The molecule has 1 aliphatic rings. The number of benzene rings is 1. The van der Waals surface area contributed by atoms with E-state index in [0.29, 0.717) is 31.1 Å². The Hall–Kier alpha value is -1.24. The first kappa shape index (κ1) is 11.3. The predicted octanol–water partition coefficient (Wildman–Crippen LogP) is 2.82. The van der Waals surface area contributed by atoms with Crippen molar-refractivity contribution < 1.29 is 4.74 Å².